The third kappa shape index (κ3) is 6.23. The van der Waals surface area contributed by atoms with Crippen LogP contribution in [0.2, 0.25) is 0 Å². The van der Waals surface area contributed by atoms with Gasteiger partial charge < -0.3 is 13.9 Å². The summed E-state index contributed by atoms with van der Waals surface area (Å²) in [5, 5.41) is 1.73. The Balaban J connectivity index is 1.60. The molecule has 1 saturated carbocycles. The molecule has 27 heavy (non-hydrogen) atoms. The SMILES string of the molecule is COCCCCCCCOc1cc(=S)oc2c(SC3CCCC3)cccc12. The Bertz CT molecular complexity index is 766. The number of thioether (sulfide) groups is 1. The second-order valence-corrected chi connectivity index (χ2v) is 8.94. The van der Waals surface area contributed by atoms with Gasteiger partial charge in [0.15, 0.2) is 10.3 Å². The van der Waals surface area contributed by atoms with Crippen molar-refractivity contribution in [3.63, 3.8) is 0 Å². The standard InChI is InChI=1S/C22H30O3S2/c1-23-14-7-3-2-4-8-15-24-19-16-21(26)25-22-18(19)12-9-13-20(22)27-17-10-5-6-11-17/h9,12-13,16-17H,2-8,10-11,14-15H2,1H3. The van der Waals surface area contributed by atoms with Crippen molar-refractivity contribution >= 4 is 34.9 Å². The minimum absolute atomic E-state index is 0.497. The highest BCUT2D eigenvalue weighted by Gasteiger charge is 2.19. The van der Waals surface area contributed by atoms with Crippen LogP contribution in [0, 0.1) is 4.71 Å². The molecule has 1 aromatic carbocycles. The van der Waals surface area contributed by atoms with Crippen molar-refractivity contribution in [3.8, 4) is 5.75 Å². The first-order chi connectivity index (χ1) is 13.3. The van der Waals surface area contributed by atoms with Crippen LogP contribution in [0.3, 0.4) is 0 Å². The van der Waals surface area contributed by atoms with E-state index in [2.05, 4.69) is 18.2 Å². The zero-order valence-corrected chi connectivity index (χ0v) is 17.8. The molecule has 5 heteroatoms. The van der Waals surface area contributed by atoms with E-state index in [1.807, 2.05) is 17.8 Å². The van der Waals surface area contributed by atoms with E-state index in [1.165, 1.54) is 49.8 Å². The molecule has 0 N–H and O–H groups in total. The van der Waals surface area contributed by atoms with E-state index in [1.54, 1.807) is 7.11 Å². The Morgan fingerprint density at radius 2 is 1.81 bits per heavy atom. The van der Waals surface area contributed by atoms with Gasteiger partial charge in [-0.2, -0.15) is 0 Å². The fraction of sp³-hybridized carbons (Fsp3) is 0.591. The second kappa shape index (κ2) is 11.1. The van der Waals surface area contributed by atoms with Gasteiger partial charge >= 0.3 is 0 Å². The zero-order valence-electron chi connectivity index (χ0n) is 16.2. The molecule has 0 saturated heterocycles. The molecule has 3 nitrogen and oxygen atoms in total. The number of hydrogen-bond acceptors (Lipinski definition) is 5. The summed E-state index contributed by atoms with van der Waals surface area (Å²) in [6, 6.07) is 8.17. The van der Waals surface area contributed by atoms with Gasteiger partial charge in [-0.05, 0) is 50.0 Å². The first kappa shape index (κ1) is 20.7. The molecule has 2 aromatic rings. The number of benzene rings is 1. The average Bonchev–Trinajstić information content (AvgIpc) is 3.17. The average molecular weight is 407 g/mol. The monoisotopic (exact) mass is 406 g/mol. The highest BCUT2D eigenvalue weighted by atomic mass is 32.2. The minimum atomic E-state index is 0.497. The van der Waals surface area contributed by atoms with E-state index in [0.717, 1.165) is 42.8 Å². The van der Waals surface area contributed by atoms with Gasteiger partial charge in [0.2, 0.25) is 0 Å². The number of rotatable bonds is 11. The van der Waals surface area contributed by atoms with Crippen molar-refractivity contribution in [2.45, 2.75) is 67.9 Å². The number of hydrogen-bond donors (Lipinski definition) is 0. The highest BCUT2D eigenvalue weighted by Crippen LogP contribution is 2.40. The summed E-state index contributed by atoms with van der Waals surface area (Å²) in [5.41, 5.74) is 0.886. The molecule has 1 fully saturated rings. The van der Waals surface area contributed by atoms with Crippen LogP contribution in [-0.4, -0.2) is 25.6 Å². The molecular formula is C22H30O3S2. The number of methoxy groups -OCH3 is 1. The van der Waals surface area contributed by atoms with Crippen LogP contribution in [0.5, 0.6) is 5.75 Å². The molecule has 1 aliphatic carbocycles. The molecule has 0 bridgehead atoms. The largest absolute Gasteiger partial charge is 0.493 e. The second-order valence-electron chi connectivity index (χ2n) is 7.20. The van der Waals surface area contributed by atoms with Gasteiger partial charge in [-0.1, -0.05) is 38.2 Å². The van der Waals surface area contributed by atoms with E-state index in [0.29, 0.717) is 9.96 Å². The topological polar surface area (TPSA) is 31.6 Å². The van der Waals surface area contributed by atoms with Crippen molar-refractivity contribution < 1.29 is 13.9 Å². The van der Waals surface area contributed by atoms with E-state index < -0.39 is 0 Å². The molecule has 0 unspecified atom stereocenters. The van der Waals surface area contributed by atoms with Crippen molar-refractivity contribution in [1.29, 1.82) is 0 Å². The lowest BCUT2D eigenvalue weighted by atomic mass is 10.1. The van der Waals surface area contributed by atoms with Gasteiger partial charge in [-0.25, -0.2) is 0 Å². The molecular weight excluding hydrogens is 376 g/mol. The first-order valence-corrected chi connectivity index (χ1v) is 11.4. The Labute approximate surface area is 171 Å². The number of unbranched alkanes of at least 4 members (excludes halogenated alkanes) is 4. The molecule has 0 spiro atoms. The summed E-state index contributed by atoms with van der Waals surface area (Å²) in [6.45, 7) is 1.58. The summed E-state index contributed by atoms with van der Waals surface area (Å²) in [4.78, 5) is 1.19. The molecule has 3 rings (SSSR count). The van der Waals surface area contributed by atoms with Crippen LogP contribution in [0.25, 0.3) is 11.0 Å². The Hall–Kier alpha value is -1.04. The molecule has 1 aromatic heterocycles. The predicted molar refractivity (Wildman–Crippen MR) is 116 cm³/mol. The molecule has 148 valence electrons. The summed E-state index contributed by atoms with van der Waals surface area (Å²) in [5.74, 6) is 0.856. The summed E-state index contributed by atoms with van der Waals surface area (Å²) < 4.78 is 17.6. The Morgan fingerprint density at radius 1 is 1.07 bits per heavy atom. The molecule has 0 atom stereocenters. The van der Waals surface area contributed by atoms with E-state index in [4.69, 9.17) is 26.1 Å². The maximum atomic E-state index is 6.09. The van der Waals surface area contributed by atoms with Crippen LogP contribution in [0.1, 0.15) is 57.8 Å². The van der Waals surface area contributed by atoms with Crippen molar-refractivity contribution in [1.82, 2.24) is 0 Å². The summed E-state index contributed by atoms with van der Waals surface area (Å²) in [6.07, 6.45) is 11.1. The molecule has 0 radical (unpaired) electrons. The summed E-state index contributed by atoms with van der Waals surface area (Å²) >= 11 is 7.30. The van der Waals surface area contributed by atoms with E-state index >= 15 is 0 Å². The Morgan fingerprint density at radius 3 is 2.59 bits per heavy atom. The molecule has 0 amide bonds. The predicted octanol–water partition coefficient (Wildman–Crippen LogP) is 7.17. The number of ether oxygens (including phenoxy) is 2. The van der Waals surface area contributed by atoms with Gasteiger partial charge in [0, 0.05) is 25.0 Å². The van der Waals surface area contributed by atoms with Crippen LogP contribution >= 0.6 is 24.0 Å². The Kier molecular flexibility index (Phi) is 8.49. The lowest BCUT2D eigenvalue weighted by molar-refractivity contribution is 0.191. The number of para-hydroxylation sites is 1. The van der Waals surface area contributed by atoms with Crippen molar-refractivity contribution in [3.05, 3.63) is 29.0 Å². The molecule has 0 aliphatic heterocycles. The van der Waals surface area contributed by atoms with Crippen LogP contribution in [0.4, 0.5) is 0 Å². The molecule has 1 aliphatic rings. The highest BCUT2D eigenvalue weighted by molar-refractivity contribution is 8.00. The normalized spacial score (nSPS) is 14.9. The van der Waals surface area contributed by atoms with Gasteiger partial charge in [0.1, 0.15) is 5.75 Å². The smallest absolute Gasteiger partial charge is 0.194 e. The van der Waals surface area contributed by atoms with E-state index in [9.17, 15) is 0 Å². The maximum Gasteiger partial charge on any atom is 0.194 e. The van der Waals surface area contributed by atoms with E-state index in [-0.39, 0.29) is 0 Å². The maximum absolute atomic E-state index is 6.09. The number of fused-ring (bicyclic) bond motifs is 1. The van der Waals surface area contributed by atoms with Gasteiger partial charge in [-0.3, -0.25) is 0 Å². The van der Waals surface area contributed by atoms with Crippen molar-refractivity contribution in [2.75, 3.05) is 20.3 Å². The van der Waals surface area contributed by atoms with Crippen LogP contribution < -0.4 is 4.74 Å². The summed E-state index contributed by atoms with van der Waals surface area (Å²) in [7, 11) is 1.76. The lowest BCUT2D eigenvalue weighted by Gasteiger charge is -2.13. The molecule has 1 heterocycles. The van der Waals surface area contributed by atoms with Gasteiger partial charge in [0.25, 0.3) is 0 Å². The van der Waals surface area contributed by atoms with Crippen LogP contribution in [0.15, 0.2) is 33.6 Å². The zero-order chi connectivity index (χ0) is 18.9. The van der Waals surface area contributed by atoms with Gasteiger partial charge in [0.05, 0.1) is 16.9 Å². The van der Waals surface area contributed by atoms with Gasteiger partial charge in [-0.15, -0.1) is 11.8 Å². The first-order valence-electron chi connectivity index (χ1n) is 10.1. The lowest BCUT2D eigenvalue weighted by Crippen LogP contribution is -1.99. The minimum Gasteiger partial charge on any atom is -0.493 e. The van der Waals surface area contributed by atoms with Crippen LogP contribution in [-0.2, 0) is 4.74 Å². The van der Waals surface area contributed by atoms with Crippen molar-refractivity contribution in [2.24, 2.45) is 0 Å². The fourth-order valence-corrected chi connectivity index (χ4v) is 5.12. The third-order valence-electron chi connectivity index (χ3n) is 5.04. The fourth-order valence-electron chi connectivity index (χ4n) is 3.59. The third-order valence-corrected chi connectivity index (χ3v) is 6.62. The quantitative estimate of drug-likeness (QED) is 0.291.